The van der Waals surface area contributed by atoms with Gasteiger partial charge in [0.1, 0.15) is 6.04 Å². The molecule has 4 heteroatoms. The highest BCUT2D eigenvalue weighted by Gasteiger charge is 2.36. The molecular formula is C8H15NO3. The minimum Gasteiger partial charge on any atom is -0.480 e. The second-order valence-corrected chi connectivity index (χ2v) is 3.53. The van der Waals surface area contributed by atoms with Crippen LogP contribution in [0.5, 0.6) is 0 Å². The summed E-state index contributed by atoms with van der Waals surface area (Å²) in [5.41, 5.74) is 0. The zero-order valence-electron chi connectivity index (χ0n) is 7.40. The van der Waals surface area contributed by atoms with Gasteiger partial charge in [0.25, 0.3) is 0 Å². The van der Waals surface area contributed by atoms with E-state index >= 15 is 0 Å². The molecule has 1 saturated heterocycles. The topological polar surface area (TPSA) is 60.8 Å². The predicted octanol–water partition coefficient (Wildman–Crippen LogP) is -0.0854. The number of aliphatic hydroxyl groups is 1. The zero-order chi connectivity index (χ0) is 9.30. The van der Waals surface area contributed by atoms with Crippen molar-refractivity contribution < 1.29 is 15.0 Å². The van der Waals surface area contributed by atoms with E-state index in [0.717, 1.165) is 0 Å². The molecule has 0 aromatic carbocycles. The van der Waals surface area contributed by atoms with Crippen LogP contribution in [0.4, 0.5) is 0 Å². The molecule has 70 valence electrons. The van der Waals surface area contributed by atoms with Crippen LogP contribution in [0.2, 0.25) is 0 Å². The molecule has 0 spiro atoms. The van der Waals surface area contributed by atoms with Crippen LogP contribution in [0.1, 0.15) is 20.3 Å². The minimum absolute atomic E-state index is 0.184. The van der Waals surface area contributed by atoms with E-state index in [1.165, 1.54) is 0 Å². The molecule has 2 N–H and O–H groups in total. The Morgan fingerprint density at radius 1 is 1.58 bits per heavy atom. The number of hydrogen-bond donors (Lipinski definition) is 2. The van der Waals surface area contributed by atoms with Gasteiger partial charge in [-0.1, -0.05) is 0 Å². The highest BCUT2D eigenvalue weighted by molar-refractivity contribution is 5.74. The van der Waals surface area contributed by atoms with E-state index in [9.17, 15) is 9.90 Å². The van der Waals surface area contributed by atoms with Gasteiger partial charge in [-0.2, -0.15) is 0 Å². The fraction of sp³-hybridized carbons (Fsp3) is 0.875. The predicted molar refractivity (Wildman–Crippen MR) is 43.9 cm³/mol. The fourth-order valence-corrected chi connectivity index (χ4v) is 1.65. The average Bonchev–Trinajstić information content (AvgIpc) is 2.31. The van der Waals surface area contributed by atoms with Crippen molar-refractivity contribution in [1.29, 1.82) is 0 Å². The van der Waals surface area contributed by atoms with Gasteiger partial charge in [0.05, 0.1) is 6.10 Å². The maximum atomic E-state index is 10.7. The number of β-amino-alcohol motifs (C(OH)–C–C–N with tert-alkyl or cyclic N) is 1. The van der Waals surface area contributed by atoms with Crippen molar-refractivity contribution >= 4 is 5.97 Å². The monoisotopic (exact) mass is 173 g/mol. The molecule has 1 aliphatic rings. The van der Waals surface area contributed by atoms with E-state index in [0.29, 0.717) is 13.0 Å². The van der Waals surface area contributed by atoms with Crippen LogP contribution in [0.3, 0.4) is 0 Å². The first-order valence-corrected chi connectivity index (χ1v) is 4.19. The molecule has 1 heterocycles. The Bertz CT molecular complexity index is 181. The van der Waals surface area contributed by atoms with E-state index in [4.69, 9.17) is 5.11 Å². The van der Waals surface area contributed by atoms with Gasteiger partial charge in [-0.3, -0.25) is 9.69 Å². The Balaban J connectivity index is 2.65. The van der Waals surface area contributed by atoms with Gasteiger partial charge in [-0.05, 0) is 13.8 Å². The summed E-state index contributed by atoms with van der Waals surface area (Å²) in [6.07, 6.45) is -0.124. The molecule has 1 fully saturated rings. The molecule has 2 unspecified atom stereocenters. The van der Waals surface area contributed by atoms with E-state index in [1.54, 1.807) is 0 Å². The molecule has 0 aromatic heterocycles. The van der Waals surface area contributed by atoms with Crippen LogP contribution in [-0.2, 0) is 4.79 Å². The standard InChI is InChI=1S/C8H15NO3/c1-5(2)9-4-6(10)3-7(9)8(11)12/h5-7,10H,3-4H2,1-2H3,(H,11,12). The summed E-state index contributed by atoms with van der Waals surface area (Å²) in [4.78, 5) is 12.5. The molecule has 2 atom stereocenters. The number of likely N-dealkylation sites (tertiary alicyclic amines) is 1. The lowest BCUT2D eigenvalue weighted by Gasteiger charge is -2.24. The van der Waals surface area contributed by atoms with Gasteiger partial charge >= 0.3 is 5.97 Å². The van der Waals surface area contributed by atoms with Crippen molar-refractivity contribution in [3.63, 3.8) is 0 Å². The van der Waals surface area contributed by atoms with Crippen molar-refractivity contribution in [2.45, 2.75) is 38.5 Å². The highest BCUT2D eigenvalue weighted by atomic mass is 16.4. The first kappa shape index (κ1) is 9.48. The van der Waals surface area contributed by atoms with Crippen LogP contribution in [0.15, 0.2) is 0 Å². The average molecular weight is 173 g/mol. The molecule has 1 rings (SSSR count). The first-order valence-electron chi connectivity index (χ1n) is 4.19. The lowest BCUT2D eigenvalue weighted by atomic mass is 10.2. The Morgan fingerprint density at radius 2 is 2.17 bits per heavy atom. The van der Waals surface area contributed by atoms with Crippen molar-refractivity contribution in [1.82, 2.24) is 4.90 Å². The number of rotatable bonds is 2. The van der Waals surface area contributed by atoms with Crippen LogP contribution in [-0.4, -0.2) is 45.8 Å². The van der Waals surface area contributed by atoms with Gasteiger partial charge in [0.15, 0.2) is 0 Å². The van der Waals surface area contributed by atoms with Crippen LogP contribution in [0.25, 0.3) is 0 Å². The maximum Gasteiger partial charge on any atom is 0.321 e. The highest BCUT2D eigenvalue weighted by Crippen LogP contribution is 2.20. The van der Waals surface area contributed by atoms with E-state index in [-0.39, 0.29) is 6.04 Å². The molecule has 0 aliphatic carbocycles. The third kappa shape index (κ3) is 1.76. The number of carboxylic acids is 1. The normalized spacial score (nSPS) is 31.3. The Morgan fingerprint density at radius 3 is 2.50 bits per heavy atom. The van der Waals surface area contributed by atoms with Crippen molar-refractivity contribution in [2.24, 2.45) is 0 Å². The van der Waals surface area contributed by atoms with Crippen molar-refractivity contribution in [3.05, 3.63) is 0 Å². The maximum absolute atomic E-state index is 10.7. The third-order valence-electron chi connectivity index (χ3n) is 2.27. The molecule has 0 amide bonds. The largest absolute Gasteiger partial charge is 0.480 e. The van der Waals surface area contributed by atoms with Crippen molar-refractivity contribution in [2.75, 3.05) is 6.54 Å². The molecular weight excluding hydrogens is 158 g/mol. The lowest BCUT2D eigenvalue weighted by molar-refractivity contribution is -0.142. The number of hydrogen-bond acceptors (Lipinski definition) is 3. The minimum atomic E-state index is -0.833. The van der Waals surface area contributed by atoms with Gasteiger partial charge in [0, 0.05) is 19.0 Å². The second-order valence-electron chi connectivity index (χ2n) is 3.53. The first-order chi connectivity index (χ1) is 5.52. The zero-order valence-corrected chi connectivity index (χ0v) is 7.40. The van der Waals surface area contributed by atoms with Gasteiger partial charge in [-0.15, -0.1) is 0 Å². The summed E-state index contributed by atoms with van der Waals surface area (Å²) in [5, 5.41) is 18.1. The quantitative estimate of drug-likeness (QED) is 0.613. The smallest absolute Gasteiger partial charge is 0.321 e. The van der Waals surface area contributed by atoms with E-state index in [1.807, 2.05) is 18.7 Å². The van der Waals surface area contributed by atoms with Crippen LogP contribution in [0, 0.1) is 0 Å². The van der Waals surface area contributed by atoms with Crippen LogP contribution >= 0.6 is 0 Å². The van der Waals surface area contributed by atoms with Crippen LogP contribution < -0.4 is 0 Å². The number of nitrogens with zero attached hydrogens (tertiary/aromatic N) is 1. The van der Waals surface area contributed by atoms with E-state index in [2.05, 4.69) is 0 Å². The molecule has 0 saturated carbocycles. The van der Waals surface area contributed by atoms with Gasteiger partial charge in [-0.25, -0.2) is 0 Å². The summed E-state index contributed by atoms with van der Waals surface area (Å²) in [7, 11) is 0. The Hall–Kier alpha value is -0.610. The third-order valence-corrected chi connectivity index (χ3v) is 2.27. The number of carbonyl (C=O) groups is 1. The second kappa shape index (κ2) is 3.41. The Labute approximate surface area is 71.8 Å². The van der Waals surface area contributed by atoms with Gasteiger partial charge < -0.3 is 10.2 Å². The summed E-state index contributed by atoms with van der Waals surface area (Å²) in [6, 6.07) is -0.316. The molecule has 0 bridgehead atoms. The van der Waals surface area contributed by atoms with Crippen molar-refractivity contribution in [3.8, 4) is 0 Å². The molecule has 0 radical (unpaired) electrons. The van der Waals surface area contributed by atoms with E-state index < -0.39 is 18.1 Å². The lowest BCUT2D eigenvalue weighted by Crippen LogP contribution is -2.40. The molecule has 12 heavy (non-hydrogen) atoms. The SMILES string of the molecule is CC(C)N1CC(O)CC1C(=O)O. The summed E-state index contributed by atoms with van der Waals surface area (Å²) in [5.74, 6) is -0.833. The number of carboxylic acid groups (broad SMARTS) is 1. The fourth-order valence-electron chi connectivity index (χ4n) is 1.65. The number of aliphatic hydroxyl groups excluding tert-OH is 1. The molecule has 0 aromatic rings. The molecule has 4 nitrogen and oxygen atoms in total. The number of aliphatic carboxylic acids is 1. The Kier molecular flexibility index (Phi) is 2.69. The summed E-state index contributed by atoms with van der Waals surface area (Å²) < 4.78 is 0. The molecule has 1 aliphatic heterocycles. The van der Waals surface area contributed by atoms with Gasteiger partial charge in [0.2, 0.25) is 0 Å². The summed E-state index contributed by atoms with van der Waals surface area (Å²) >= 11 is 0. The summed E-state index contributed by atoms with van der Waals surface area (Å²) in [6.45, 7) is 4.36.